The van der Waals surface area contributed by atoms with E-state index in [1.807, 2.05) is 24.5 Å². The lowest BCUT2D eigenvalue weighted by Gasteiger charge is -2.16. The smallest absolute Gasteiger partial charge is 0.239 e. The molecule has 1 aromatic carbocycles. The van der Waals surface area contributed by atoms with Gasteiger partial charge in [-0.25, -0.2) is 0 Å². The fraction of sp³-hybridized carbons (Fsp3) is 0.429. The molecule has 1 rings (SSSR count). The van der Waals surface area contributed by atoms with E-state index in [-0.39, 0.29) is 11.9 Å². The number of primary amides is 1. The van der Waals surface area contributed by atoms with Gasteiger partial charge in [-0.2, -0.15) is 11.8 Å². The van der Waals surface area contributed by atoms with E-state index in [0.717, 1.165) is 18.6 Å². The Morgan fingerprint density at radius 1 is 1.42 bits per heavy atom. The molecule has 3 nitrogen and oxygen atoms in total. The van der Waals surface area contributed by atoms with Gasteiger partial charge in [0.2, 0.25) is 5.91 Å². The zero-order valence-corrected chi connectivity index (χ0v) is 12.7. The number of carbonyl (C=O) groups excluding carboxylic acids is 1. The average molecular weight is 296 g/mol. The maximum atomic E-state index is 11.3. The molecule has 0 saturated heterocycles. The molecule has 0 aliphatic rings. The van der Waals surface area contributed by atoms with E-state index < -0.39 is 0 Å². The van der Waals surface area contributed by atoms with Crippen LogP contribution in [0.3, 0.4) is 0 Å². The van der Waals surface area contributed by atoms with Crippen molar-refractivity contribution in [2.24, 2.45) is 5.73 Å². The Morgan fingerprint density at radius 3 is 2.68 bits per heavy atom. The molecule has 0 bridgehead atoms. The van der Waals surface area contributed by atoms with E-state index in [0.29, 0.717) is 11.4 Å². The summed E-state index contributed by atoms with van der Waals surface area (Å²) in [5.41, 5.74) is 6.60. The third kappa shape index (κ3) is 6.59. The van der Waals surface area contributed by atoms with Crippen LogP contribution in [0.2, 0.25) is 0 Å². The number of amides is 1. The first kappa shape index (κ1) is 16.0. The van der Waals surface area contributed by atoms with Gasteiger partial charge in [-0.15, -0.1) is 0 Å². The number of rotatable bonds is 8. The molecule has 104 valence electrons. The van der Waals surface area contributed by atoms with Gasteiger partial charge in [-0.3, -0.25) is 4.79 Å². The molecule has 0 radical (unpaired) electrons. The lowest BCUT2D eigenvalue weighted by molar-refractivity contribution is -0.119. The van der Waals surface area contributed by atoms with Crippen LogP contribution in [-0.2, 0) is 11.2 Å². The minimum absolute atomic E-state index is 0.337. The number of benzene rings is 1. The first-order valence-electron chi connectivity index (χ1n) is 6.25. The normalized spacial score (nSPS) is 11.8. The quantitative estimate of drug-likeness (QED) is 0.722. The first-order valence-corrected chi connectivity index (χ1v) is 8.05. The number of thiocarbonyl (C=S) groups is 1. The van der Waals surface area contributed by atoms with E-state index in [2.05, 4.69) is 17.4 Å². The highest BCUT2D eigenvalue weighted by atomic mass is 32.2. The molecular weight excluding hydrogens is 276 g/mol. The Labute approximate surface area is 124 Å². The van der Waals surface area contributed by atoms with Crippen LogP contribution in [0.5, 0.6) is 0 Å². The van der Waals surface area contributed by atoms with Gasteiger partial charge in [0, 0.05) is 6.42 Å². The third-order valence-corrected chi connectivity index (χ3v) is 3.74. The molecule has 19 heavy (non-hydrogen) atoms. The van der Waals surface area contributed by atoms with Gasteiger partial charge >= 0.3 is 0 Å². The fourth-order valence-corrected chi connectivity index (χ4v) is 2.41. The maximum Gasteiger partial charge on any atom is 0.239 e. The van der Waals surface area contributed by atoms with Gasteiger partial charge in [0.15, 0.2) is 0 Å². The number of thioether (sulfide) groups is 1. The van der Waals surface area contributed by atoms with Crippen LogP contribution in [0.25, 0.3) is 0 Å². The van der Waals surface area contributed by atoms with Crippen LogP contribution < -0.4 is 11.1 Å². The van der Waals surface area contributed by atoms with Crippen molar-refractivity contribution >= 4 is 34.9 Å². The molecule has 1 aromatic rings. The monoisotopic (exact) mass is 296 g/mol. The summed E-state index contributed by atoms with van der Waals surface area (Å²) in [4.78, 5) is 12.0. The summed E-state index contributed by atoms with van der Waals surface area (Å²) in [6.07, 6.45) is 4.33. The molecule has 0 aliphatic carbocycles. The Bertz CT molecular complexity index is 409. The Morgan fingerprint density at radius 2 is 2.11 bits per heavy atom. The van der Waals surface area contributed by atoms with Crippen LogP contribution >= 0.6 is 24.0 Å². The molecule has 0 aliphatic heterocycles. The van der Waals surface area contributed by atoms with Gasteiger partial charge in [-0.05, 0) is 30.4 Å². The van der Waals surface area contributed by atoms with Crippen molar-refractivity contribution in [2.45, 2.75) is 25.3 Å². The van der Waals surface area contributed by atoms with Gasteiger partial charge < -0.3 is 11.1 Å². The average Bonchev–Trinajstić information content (AvgIpc) is 2.42. The highest BCUT2D eigenvalue weighted by Gasteiger charge is 2.15. The van der Waals surface area contributed by atoms with Crippen molar-refractivity contribution in [2.75, 3.05) is 12.0 Å². The number of hydrogen-bond acceptors (Lipinski definition) is 3. The van der Waals surface area contributed by atoms with E-state index >= 15 is 0 Å². The van der Waals surface area contributed by atoms with E-state index in [1.165, 1.54) is 5.56 Å². The minimum atomic E-state index is -0.351. The summed E-state index contributed by atoms with van der Waals surface area (Å²) in [7, 11) is 0. The predicted octanol–water partition coefficient (Wildman–Crippen LogP) is 2.14. The van der Waals surface area contributed by atoms with Crippen LogP contribution in [0.15, 0.2) is 30.3 Å². The van der Waals surface area contributed by atoms with Gasteiger partial charge in [0.05, 0.1) is 4.99 Å². The number of carbonyl (C=O) groups is 1. The summed E-state index contributed by atoms with van der Waals surface area (Å²) in [6.45, 7) is 0. The summed E-state index contributed by atoms with van der Waals surface area (Å²) in [5.74, 6) is 0.554. The largest absolute Gasteiger partial charge is 0.368 e. The van der Waals surface area contributed by atoms with E-state index in [1.54, 1.807) is 11.8 Å². The summed E-state index contributed by atoms with van der Waals surface area (Å²) >= 11 is 6.97. The minimum Gasteiger partial charge on any atom is -0.368 e. The lowest BCUT2D eigenvalue weighted by Crippen LogP contribution is -2.44. The zero-order valence-electron chi connectivity index (χ0n) is 11.1. The maximum absolute atomic E-state index is 11.3. The van der Waals surface area contributed by atoms with E-state index in [4.69, 9.17) is 18.0 Å². The number of nitrogens with one attached hydrogen (secondary N) is 1. The van der Waals surface area contributed by atoms with Crippen molar-refractivity contribution in [3.8, 4) is 0 Å². The highest BCUT2D eigenvalue weighted by molar-refractivity contribution is 7.98. The Balaban J connectivity index is 2.38. The SMILES string of the molecule is CSCCC(NC(=S)CCc1ccccc1)C(N)=O. The summed E-state index contributed by atoms with van der Waals surface area (Å²) in [6, 6.07) is 9.80. The van der Waals surface area contributed by atoms with Gasteiger partial charge in [-0.1, -0.05) is 42.5 Å². The Hall–Kier alpha value is -1.07. The van der Waals surface area contributed by atoms with Crippen molar-refractivity contribution in [3.63, 3.8) is 0 Å². The summed E-state index contributed by atoms with van der Waals surface area (Å²) < 4.78 is 0. The zero-order chi connectivity index (χ0) is 14.1. The van der Waals surface area contributed by atoms with Crippen molar-refractivity contribution < 1.29 is 4.79 Å². The standard InChI is InChI=1S/C14H20N2OS2/c1-19-10-9-12(14(15)17)16-13(18)8-7-11-5-3-2-4-6-11/h2-6,12H,7-10H2,1H3,(H2,15,17)(H,16,18). The van der Waals surface area contributed by atoms with Crippen molar-refractivity contribution in [3.05, 3.63) is 35.9 Å². The lowest BCUT2D eigenvalue weighted by atomic mass is 10.1. The highest BCUT2D eigenvalue weighted by Crippen LogP contribution is 2.05. The molecular formula is C14H20N2OS2. The molecule has 3 N–H and O–H groups in total. The van der Waals surface area contributed by atoms with Gasteiger partial charge in [0.25, 0.3) is 0 Å². The number of aryl methyl sites for hydroxylation is 1. The first-order chi connectivity index (χ1) is 9.13. The van der Waals surface area contributed by atoms with Crippen LogP contribution in [-0.4, -0.2) is 28.9 Å². The second-order valence-corrected chi connectivity index (χ2v) is 5.77. The summed E-state index contributed by atoms with van der Waals surface area (Å²) in [5, 5.41) is 3.07. The number of hydrogen-bond donors (Lipinski definition) is 2. The van der Waals surface area contributed by atoms with Crippen molar-refractivity contribution in [1.82, 2.24) is 5.32 Å². The molecule has 1 amide bonds. The van der Waals surface area contributed by atoms with Crippen molar-refractivity contribution in [1.29, 1.82) is 0 Å². The second kappa shape index (κ2) is 8.93. The molecule has 0 spiro atoms. The van der Waals surface area contributed by atoms with Crippen LogP contribution in [0, 0.1) is 0 Å². The van der Waals surface area contributed by atoms with E-state index in [9.17, 15) is 4.79 Å². The molecule has 0 fully saturated rings. The molecule has 1 atom stereocenters. The molecule has 0 heterocycles. The molecule has 0 aromatic heterocycles. The topological polar surface area (TPSA) is 55.1 Å². The molecule has 0 saturated carbocycles. The molecule has 5 heteroatoms. The molecule has 1 unspecified atom stereocenters. The number of nitrogens with two attached hydrogens (primary N) is 1. The van der Waals surface area contributed by atoms with Gasteiger partial charge in [0.1, 0.15) is 6.04 Å². The third-order valence-electron chi connectivity index (χ3n) is 2.77. The Kier molecular flexibility index (Phi) is 7.52. The van der Waals surface area contributed by atoms with Crippen LogP contribution in [0.1, 0.15) is 18.4 Å². The second-order valence-electron chi connectivity index (χ2n) is 4.29. The predicted molar refractivity (Wildman–Crippen MR) is 86.5 cm³/mol. The van der Waals surface area contributed by atoms with Crippen LogP contribution in [0.4, 0.5) is 0 Å². The fourth-order valence-electron chi connectivity index (χ4n) is 1.69.